The van der Waals surface area contributed by atoms with Gasteiger partial charge >= 0.3 is 0 Å². The number of nitrogen functional groups attached to an aromatic ring is 1. The average Bonchev–Trinajstić information content (AvgIpc) is 2.37. The number of nitrogens with two attached hydrogens (primary N) is 1. The van der Waals surface area contributed by atoms with Gasteiger partial charge in [-0.1, -0.05) is 17.7 Å². The number of ether oxygens (including phenoxy) is 2. The molecule has 19 heavy (non-hydrogen) atoms. The highest BCUT2D eigenvalue weighted by Crippen LogP contribution is 2.21. The first-order valence-electron chi connectivity index (χ1n) is 6.02. The van der Waals surface area contributed by atoms with E-state index in [-0.39, 0.29) is 0 Å². The predicted octanol–water partition coefficient (Wildman–Crippen LogP) is 3.69. The molecule has 2 N–H and O–H groups in total. The summed E-state index contributed by atoms with van der Waals surface area (Å²) >= 11 is 5.88. The third-order valence-electron chi connectivity index (χ3n) is 2.60. The van der Waals surface area contributed by atoms with Gasteiger partial charge in [0.15, 0.2) is 0 Å². The molecule has 0 radical (unpaired) electrons. The van der Waals surface area contributed by atoms with E-state index >= 15 is 0 Å². The highest BCUT2D eigenvalue weighted by Gasteiger charge is 2.00. The Bertz CT molecular complexity index is 558. The molecule has 4 heteroatoms. The molecule has 0 aliphatic heterocycles. The first kappa shape index (κ1) is 13.6. The third kappa shape index (κ3) is 4.07. The van der Waals surface area contributed by atoms with Crippen molar-refractivity contribution in [3.63, 3.8) is 0 Å². The Morgan fingerprint density at radius 2 is 1.84 bits per heavy atom. The van der Waals surface area contributed by atoms with Crippen molar-refractivity contribution in [3.05, 3.63) is 53.1 Å². The highest BCUT2D eigenvalue weighted by molar-refractivity contribution is 6.30. The Morgan fingerprint density at radius 3 is 2.58 bits per heavy atom. The fraction of sp³-hybridized carbons (Fsp3) is 0.200. The van der Waals surface area contributed by atoms with Crippen LogP contribution < -0.4 is 15.2 Å². The average molecular weight is 278 g/mol. The number of halogens is 1. The zero-order valence-corrected chi connectivity index (χ0v) is 11.5. The van der Waals surface area contributed by atoms with Gasteiger partial charge in [-0.2, -0.15) is 0 Å². The maximum Gasteiger partial charge on any atom is 0.122 e. The number of hydrogen-bond acceptors (Lipinski definition) is 3. The van der Waals surface area contributed by atoms with Gasteiger partial charge in [-0.05, 0) is 42.8 Å². The maximum absolute atomic E-state index is 5.88. The van der Waals surface area contributed by atoms with Gasteiger partial charge in [0.1, 0.15) is 24.7 Å². The molecule has 0 saturated carbocycles. The monoisotopic (exact) mass is 277 g/mol. The minimum absolute atomic E-state index is 0.464. The van der Waals surface area contributed by atoms with E-state index < -0.39 is 0 Å². The summed E-state index contributed by atoms with van der Waals surface area (Å²) < 4.78 is 11.2. The molecule has 0 bridgehead atoms. The van der Waals surface area contributed by atoms with Crippen molar-refractivity contribution in [2.75, 3.05) is 18.9 Å². The Hall–Kier alpha value is -1.87. The van der Waals surface area contributed by atoms with Crippen LogP contribution in [0.2, 0.25) is 5.02 Å². The molecule has 0 aliphatic rings. The molecule has 0 amide bonds. The zero-order valence-electron chi connectivity index (χ0n) is 10.7. The first-order valence-corrected chi connectivity index (χ1v) is 6.40. The second kappa shape index (κ2) is 6.34. The third-order valence-corrected chi connectivity index (χ3v) is 2.84. The van der Waals surface area contributed by atoms with Gasteiger partial charge in [-0.3, -0.25) is 0 Å². The predicted molar refractivity (Wildman–Crippen MR) is 78.0 cm³/mol. The maximum atomic E-state index is 5.88. The molecule has 0 aromatic heterocycles. The lowest BCUT2D eigenvalue weighted by Gasteiger charge is -2.10. The topological polar surface area (TPSA) is 44.5 Å². The molecule has 0 fully saturated rings. The Labute approximate surface area is 117 Å². The summed E-state index contributed by atoms with van der Waals surface area (Å²) in [5.41, 5.74) is 7.36. The van der Waals surface area contributed by atoms with Crippen molar-refractivity contribution in [2.45, 2.75) is 6.92 Å². The molecule has 2 rings (SSSR count). The van der Waals surface area contributed by atoms with Crippen molar-refractivity contribution in [2.24, 2.45) is 0 Å². The van der Waals surface area contributed by atoms with Crippen LogP contribution in [0.25, 0.3) is 0 Å². The van der Waals surface area contributed by atoms with Crippen molar-refractivity contribution in [1.29, 1.82) is 0 Å². The molecule has 0 saturated heterocycles. The van der Waals surface area contributed by atoms with E-state index in [1.54, 1.807) is 6.07 Å². The first-order chi connectivity index (χ1) is 9.15. The van der Waals surface area contributed by atoms with Gasteiger partial charge in [0.25, 0.3) is 0 Å². The summed E-state index contributed by atoms with van der Waals surface area (Å²) in [6.07, 6.45) is 0. The second-order valence-corrected chi connectivity index (χ2v) is 4.62. The van der Waals surface area contributed by atoms with E-state index in [0.29, 0.717) is 23.9 Å². The molecule has 0 heterocycles. The van der Waals surface area contributed by atoms with Crippen LogP contribution in [0.5, 0.6) is 11.5 Å². The van der Waals surface area contributed by atoms with Crippen LogP contribution in [0, 0.1) is 6.92 Å². The van der Waals surface area contributed by atoms with Crippen molar-refractivity contribution >= 4 is 17.3 Å². The van der Waals surface area contributed by atoms with E-state index in [2.05, 4.69) is 0 Å². The number of benzene rings is 2. The molecular weight excluding hydrogens is 262 g/mol. The van der Waals surface area contributed by atoms with E-state index in [0.717, 1.165) is 17.1 Å². The zero-order chi connectivity index (χ0) is 13.7. The molecule has 3 nitrogen and oxygen atoms in total. The van der Waals surface area contributed by atoms with Crippen LogP contribution in [0.4, 0.5) is 5.69 Å². The Balaban J connectivity index is 1.81. The largest absolute Gasteiger partial charge is 0.490 e. The molecule has 0 atom stereocenters. The number of anilines is 1. The van der Waals surface area contributed by atoms with Crippen LogP contribution in [0.1, 0.15) is 5.56 Å². The van der Waals surface area contributed by atoms with Gasteiger partial charge in [0.05, 0.1) is 0 Å². The Morgan fingerprint density at radius 1 is 1.05 bits per heavy atom. The van der Waals surface area contributed by atoms with Crippen LogP contribution in [-0.2, 0) is 0 Å². The minimum atomic E-state index is 0.464. The van der Waals surface area contributed by atoms with Gasteiger partial charge < -0.3 is 15.2 Å². The smallest absolute Gasteiger partial charge is 0.122 e. The summed E-state index contributed by atoms with van der Waals surface area (Å²) in [4.78, 5) is 0. The van der Waals surface area contributed by atoms with Gasteiger partial charge in [-0.25, -0.2) is 0 Å². The quantitative estimate of drug-likeness (QED) is 0.670. The Kier molecular flexibility index (Phi) is 4.53. The van der Waals surface area contributed by atoms with Crippen LogP contribution in [0.3, 0.4) is 0 Å². The minimum Gasteiger partial charge on any atom is -0.490 e. The highest BCUT2D eigenvalue weighted by atomic mass is 35.5. The molecule has 0 spiro atoms. The lowest BCUT2D eigenvalue weighted by atomic mass is 10.2. The lowest BCUT2D eigenvalue weighted by molar-refractivity contribution is 0.216. The number of rotatable bonds is 5. The van der Waals surface area contributed by atoms with E-state index in [1.165, 1.54) is 0 Å². The van der Waals surface area contributed by atoms with E-state index in [9.17, 15) is 0 Å². The fourth-order valence-corrected chi connectivity index (χ4v) is 1.92. The van der Waals surface area contributed by atoms with Gasteiger partial charge in [-0.15, -0.1) is 0 Å². The summed E-state index contributed by atoms with van der Waals surface area (Å²) in [5.74, 6) is 1.57. The molecule has 0 unspecified atom stereocenters. The normalized spacial score (nSPS) is 10.2. The number of aryl methyl sites for hydroxylation is 1. The lowest BCUT2D eigenvalue weighted by Crippen LogP contribution is -2.09. The van der Waals surface area contributed by atoms with Gasteiger partial charge in [0, 0.05) is 16.8 Å². The molecular formula is C15H16ClNO2. The molecule has 0 aliphatic carbocycles. The molecule has 2 aromatic rings. The van der Waals surface area contributed by atoms with Crippen LogP contribution in [-0.4, -0.2) is 13.2 Å². The SMILES string of the molecule is Cc1cc(Cl)ccc1OCCOc1cccc(N)c1. The van der Waals surface area contributed by atoms with Crippen molar-refractivity contribution < 1.29 is 9.47 Å². The summed E-state index contributed by atoms with van der Waals surface area (Å²) in [6, 6.07) is 12.9. The molecule has 100 valence electrons. The summed E-state index contributed by atoms with van der Waals surface area (Å²) in [5, 5.41) is 0.709. The number of hydrogen-bond donors (Lipinski definition) is 1. The standard InChI is InChI=1S/C15H16ClNO2/c1-11-9-12(16)5-6-15(11)19-8-7-18-14-4-2-3-13(17)10-14/h2-6,9-10H,7-8,17H2,1H3. The van der Waals surface area contributed by atoms with Crippen LogP contribution >= 0.6 is 11.6 Å². The van der Waals surface area contributed by atoms with Crippen LogP contribution in [0.15, 0.2) is 42.5 Å². The van der Waals surface area contributed by atoms with E-state index in [1.807, 2.05) is 43.3 Å². The molecule has 2 aromatic carbocycles. The fourth-order valence-electron chi connectivity index (χ4n) is 1.69. The van der Waals surface area contributed by atoms with Crippen molar-refractivity contribution in [1.82, 2.24) is 0 Å². The van der Waals surface area contributed by atoms with Crippen molar-refractivity contribution in [3.8, 4) is 11.5 Å². The van der Waals surface area contributed by atoms with Gasteiger partial charge in [0.2, 0.25) is 0 Å². The summed E-state index contributed by atoms with van der Waals surface area (Å²) in [6.45, 7) is 2.89. The van der Waals surface area contributed by atoms with E-state index in [4.69, 9.17) is 26.8 Å². The summed E-state index contributed by atoms with van der Waals surface area (Å²) in [7, 11) is 0. The second-order valence-electron chi connectivity index (χ2n) is 4.18.